The number of aliphatic hydroxyl groups is 1. The number of nitrogens with one attached hydrogen (secondary N) is 1. The number of hydrogen-bond acceptors (Lipinski definition) is 3. The minimum atomic E-state index is -1.13. The maximum atomic E-state index is 12.3. The molecule has 1 aliphatic rings. The van der Waals surface area contributed by atoms with Crippen LogP contribution in [0.4, 0.5) is 0 Å². The van der Waals surface area contributed by atoms with E-state index in [4.69, 9.17) is 4.74 Å². The van der Waals surface area contributed by atoms with Gasteiger partial charge in [-0.25, -0.2) is 0 Å². The van der Waals surface area contributed by atoms with Crippen LogP contribution in [0.15, 0.2) is 66.7 Å². The van der Waals surface area contributed by atoms with E-state index < -0.39 is 5.60 Å². The normalized spacial score (nSPS) is 19.0. The summed E-state index contributed by atoms with van der Waals surface area (Å²) in [6.07, 6.45) is 0.817. The first-order valence-corrected chi connectivity index (χ1v) is 11.1. The second kappa shape index (κ2) is 8.96. The van der Waals surface area contributed by atoms with Gasteiger partial charge in [0.25, 0.3) is 0 Å². The van der Waals surface area contributed by atoms with Crippen LogP contribution < -0.4 is 5.32 Å². The van der Waals surface area contributed by atoms with E-state index in [2.05, 4.69) is 81.5 Å². The van der Waals surface area contributed by atoms with Crippen LogP contribution in [0.2, 0.25) is 0 Å². The van der Waals surface area contributed by atoms with Gasteiger partial charge in [0.2, 0.25) is 0 Å². The highest BCUT2D eigenvalue weighted by molar-refractivity contribution is 5.44. The zero-order chi connectivity index (χ0) is 22.0. The first-order valence-electron chi connectivity index (χ1n) is 11.1. The van der Waals surface area contributed by atoms with Gasteiger partial charge in [-0.05, 0) is 50.8 Å². The van der Waals surface area contributed by atoms with Crippen LogP contribution in [-0.2, 0) is 16.9 Å². The summed E-state index contributed by atoms with van der Waals surface area (Å²) in [5.41, 5.74) is 6.57. The zero-order valence-corrected chi connectivity index (χ0v) is 19.0. The molecule has 31 heavy (non-hydrogen) atoms. The number of hydrogen-bond donors (Lipinski definition) is 2. The van der Waals surface area contributed by atoms with Crippen molar-refractivity contribution in [3.63, 3.8) is 0 Å². The van der Waals surface area contributed by atoms with E-state index in [0.29, 0.717) is 6.61 Å². The quantitative estimate of drug-likeness (QED) is 0.588. The highest BCUT2D eigenvalue weighted by atomic mass is 16.5. The predicted octanol–water partition coefficient (Wildman–Crippen LogP) is 5.10. The fourth-order valence-electron chi connectivity index (χ4n) is 4.90. The predicted molar refractivity (Wildman–Crippen MR) is 126 cm³/mol. The van der Waals surface area contributed by atoms with Crippen LogP contribution in [0.3, 0.4) is 0 Å². The van der Waals surface area contributed by atoms with Crippen LogP contribution in [-0.4, -0.2) is 23.8 Å². The Kier molecular flexibility index (Phi) is 6.29. The summed E-state index contributed by atoms with van der Waals surface area (Å²) in [7, 11) is 0. The molecule has 0 radical (unpaired) electrons. The van der Waals surface area contributed by atoms with Crippen molar-refractivity contribution in [2.75, 3.05) is 6.54 Å². The number of aryl methyl sites for hydroxylation is 4. The number of benzene rings is 3. The molecule has 3 aromatic rings. The van der Waals surface area contributed by atoms with Gasteiger partial charge in [0.05, 0.1) is 12.7 Å². The fourth-order valence-corrected chi connectivity index (χ4v) is 4.90. The Morgan fingerprint density at radius 2 is 1.35 bits per heavy atom. The van der Waals surface area contributed by atoms with E-state index in [-0.39, 0.29) is 12.1 Å². The molecule has 2 atom stereocenters. The van der Waals surface area contributed by atoms with E-state index >= 15 is 0 Å². The van der Waals surface area contributed by atoms with Crippen LogP contribution >= 0.6 is 0 Å². The molecule has 0 saturated carbocycles. The second-order valence-corrected chi connectivity index (χ2v) is 9.13. The monoisotopic (exact) mass is 415 g/mol. The Morgan fingerprint density at radius 1 is 0.839 bits per heavy atom. The van der Waals surface area contributed by atoms with Crippen molar-refractivity contribution in [1.29, 1.82) is 0 Å². The lowest BCUT2D eigenvalue weighted by Crippen LogP contribution is -2.46. The molecule has 0 bridgehead atoms. The van der Waals surface area contributed by atoms with Crippen molar-refractivity contribution in [2.45, 2.75) is 58.5 Å². The number of rotatable bonds is 6. The van der Waals surface area contributed by atoms with Gasteiger partial charge in [-0.1, -0.05) is 89.0 Å². The van der Waals surface area contributed by atoms with Crippen molar-refractivity contribution in [3.05, 3.63) is 106 Å². The molecule has 1 aliphatic heterocycles. The van der Waals surface area contributed by atoms with Gasteiger partial charge in [0, 0.05) is 12.6 Å². The lowest BCUT2D eigenvalue weighted by Gasteiger charge is -2.36. The molecule has 3 aromatic carbocycles. The highest BCUT2D eigenvalue weighted by Gasteiger charge is 2.44. The van der Waals surface area contributed by atoms with Gasteiger partial charge in [0.15, 0.2) is 0 Å². The largest absolute Gasteiger partial charge is 0.379 e. The average Bonchev–Trinajstić information content (AvgIpc) is 3.20. The Hall–Kier alpha value is -2.46. The molecule has 1 heterocycles. The molecule has 0 aromatic heterocycles. The molecule has 4 rings (SSSR count). The Bertz CT molecular complexity index is 952. The average molecular weight is 416 g/mol. The van der Waals surface area contributed by atoms with Crippen molar-refractivity contribution >= 4 is 0 Å². The first kappa shape index (κ1) is 21.8. The summed E-state index contributed by atoms with van der Waals surface area (Å²) in [5.74, 6) is 0. The van der Waals surface area contributed by atoms with Gasteiger partial charge in [-0.15, -0.1) is 0 Å². The molecule has 0 spiro atoms. The highest BCUT2D eigenvalue weighted by Crippen LogP contribution is 2.39. The third-order valence-corrected chi connectivity index (χ3v) is 6.25. The number of ether oxygens (including phenoxy) is 1. The molecule has 1 saturated heterocycles. The van der Waals surface area contributed by atoms with Gasteiger partial charge in [-0.2, -0.15) is 0 Å². The molecule has 1 fully saturated rings. The molecule has 0 aliphatic carbocycles. The Morgan fingerprint density at radius 3 is 1.87 bits per heavy atom. The summed E-state index contributed by atoms with van der Waals surface area (Å²) in [6.45, 7) is 9.68. The first-order chi connectivity index (χ1) is 14.8. The van der Waals surface area contributed by atoms with Crippen LogP contribution in [0.5, 0.6) is 0 Å². The second-order valence-electron chi connectivity index (χ2n) is 9.13. The lowest BCUT2D eigenvalue weighted by atomic mass is 9.77. The van der Waals surface area contributed by atoms with E-state index in [0.717, 1.165) is 46.3 Å². The summed E-state index contributed by atoms with van der Waals surface area (Å²) < 4.78 is 6.21. The van der Waals surface area contributed by atoms with Crippen LogP contribution in [0.25, 0.3) is 0 Å². The topological polar surface area (TPSA) is 41.5 Å². The van der Waals surface area contributed by atoms with Crippen molar-refractivity contribution in [2.24, 2.45) is 0 Å². The zero-order valence-electron chi connectivity index (χ0n) is 19.0. The van der Waals surface area contributed by atoms with Crippen molar-refractivity contribution < 1.29 is 9.84 Å². The van der Waals surface area contributed by atoms with E-state index in [1.54, 1.807) is 0 Å². The summed E-state index contributed by atoms with van der Waals surface area (Å²) in [5, 5.41) is 15.9. The SMILES string of the molecule is Cc1cc(C)cc(C(O)(c2cc(C)cc(C)c2)[C@@H]2C[C@@H](OCc3ccccc3)CN2)c1. The minimum Gasteiger partial charge on any atom is -0.379 e. The molecular formula is C28H33NO2. The maximum Gasteiger partial charge on any atom is 0.130 e. The Labute approximate surface area is 186 Å². The fraction of sp³-hybridized carbons (Fsp3) is 0.357. The third-order valence-electron chi connectivity index (χ3n) is 6.25. The smallest absolute Gasteiger partial charge is 0.130 e. The maximum absolute atomic E-state index is 12.3. The van der Waals surface area contributed by atoms with E-state index in [1.165, 1.54) is 5.56 Å². The molecule has 162 valence electrons. The van der Waals surface area contributed by atoms with Gasteiger partial charge >= 0.3 is 0 Å². The Balaban J connectivity index is 1.65. The summed E-state index contributed by atoms with van der Waals surface area (Å²) in [4.78, 5) is 0. The van der Waals surface area contributed by atoms with Crippen LogP contribution in [0, 0.1) is 27.7 Å². The van der Waals surface area contributed by atoms with Crippen molar-refractivity contribution in [3.8, 4) is 0 Å². The molecule has 0 amide bonds. The lowest BCUT2D eigenvalue weighted by molar-refractivity contribution is 0.0228. The minimum absolute atomic E-state index is 0.0635. The molecule has 3 nitrogen and oxygen atoms in total. The van der Waals surface area contributed by atoms with Crippen molar-refractivity contribution in [1.82, 2.24) is 5.32 Å². The molecule has 0 unspecified atom stereocenters. The van der Waals surface area contributed by atoms with Crippen LogP contribution in [0.1, 0.15) is 45.4 Å². The van der Waals surface area contributed by atoms with Gasteiger partial charge < -0.3 is 15.2 Å². The standard InChI is InChI=1S/C28H33NO2/c1-19-10-20(2)13-24(12-19)28(30,25-14-21(3)11-22(4)15-25)27-16-26(17-29-27)31-18-23-8-6-5-7-9-23/h5-15,26-27,29-30H,16-18H2,1-4H3/t26-,27+/m1/s1. The molecule has 2 N–H and O–H groups in total. The third kappa shape index (κ3) is 4.74. The summed E-state index contributed by atoms with van der Waals surface area (Å²) in [6, 6.07) is 22.9. The summed E-state index contributed by atoms with van der Waals surface area (Å²) >= 11 is 0. The molecule has 3 heteroatoms. The van der Waals surface area contributed by atoms with E-state index in [1.807, 2.05) is 18.2 Å². The molecular weight excluding hydrogens is 382 g/mol. The van der Waals surface area contributed by atoms with E-state index in [9.17, 15) is 5.11 Å². The van der Waals surface area contributed by atoms with Gasteiger partial charge in [-0.3, -0.25) is 0 Å². The van der Waals surface area contributed by atoms with Gasteiger partial charge in [0.1, 0.15) is 5.60 Å².